The van der Waals surface area contributed by atoms with E-state index in [0.29, 0.717) is 6.54 Å². The minimum atomic E-state index is -3.69. The number of hydrogen-bond acceptors (Lipinski definition) is 4. The second-order valence-electron chi connectivity index (χ2n) is 4.88. The normalized spacial score (nSPS) is 18.6. The highest BCUT2D eigenvalue weighted by Gasteiger charge is 2.36. The number of fused-ring (bicyclic) bond motifs is 1. The van der Waals surface area contributed by atoms with Crippen molar-refractivity contribution in [2.24, 2.45) is 0 Å². The number of sulfonamides is 1. The van der Waals surface area contributed by atoms with Gasteiger partial charge < -0.3 is 5.11 Å². The Balaban J connectivity index is 1.98. The molecule has 110 valence electrons. The van der Waals surface area contributed by atoms with E-state index in [1.54, 1.807) is 0 Å². The van der Waals surface area contributed by atoms with Crippen LogP contribution in [0, 0.1) is 0 Å². The van der Waals surface area contributed by atoms with E-state index in [0.717, 1.165) is 22.5 Å². The zero-order chi connectivity index (χ0) is 15.2. The Morgan fingerprint density at radius 2 is 2.10 bits per heavy atom. The van der Waals surface area contributed by atoms with E-state index in [-0.39, 0.29) is 15.8 Å². The molecule has 1 atom stereocenters. The van der Waals surface area contributed by atoms with Gasteiger partial charge in [-0.3, -0.25) is 0 Å². The first-order valence-electron chi connectivity index (χ1n) is 6.32. The minimum Gasteiger partial charge on any atom is -0.477 e. The van der Waals surface area contributed by atoms with Crippen LogP contribution in [0.3, 0.4) is 0 Å². The highest BCUT2D eigenvalue weighted by Crippen LogP contribution is 2.38. The van der Waals surface area contributed by atoms with Crippen molar-refractivity contribution in [3.63, 3.8) is 0 Å². The second-order valence-corrected chi connectivity index (χ2v) is 7.68. The Kier molecular flexibility index (Phi) is 3.35. The first-order chi connectivity index (χ1) is 9.91. The van der Waals surface area contributed by atoms with Crippen molar-refractivity contribution < 1.29 is 18.3 Å². The first kappa shape index (κ1) is 14.2. The van der Waals surface area contributed by atoms with Crippen LogP contribution in [0.2, 0.25) is 0 Å². The quantitative estimate of drug-likeness (QED) is 0.942. The number of rotatable bonds is 3. The van der Waals surface area contributed by atoms with Crippen molar-refractivity contribution in [3.8, 4) is 0 Å². The van der Waals surface area contributed by atoms with Crippen LogP contribution in [0.15, 0.2) is 40.6 Å². The maximum Gasteiger partial charge on any atom is 0.345 e. The molecule has 5 nitrogen and oxygen atoms in total. The van der Waals surface area contributed by atoms with Crippen LogP contribution in [0.25, 0.3) is 0 Å². The minimum absolute atomic E-state index is 0.0259. The molecular weight excluding hydrogens is 310 g/mol. The van der Waals surface area contributed by atoms with Gasteiger partial charge in [0.2, 0.25) is 10.0 Å². The summed E-state index contributed by atoms with van der Waals surface area (Å²) < 4.78 is 26.8. The van der Waals surface area contributed by atoms with Crippen LogP contribution < -0.4 is 0 Å². The Bertz CT molecular complexity index is 810. The topological polar surface area (TPSA) is 74.7 Å². The van der Waals surface area contributed by atoms with Crippen LogP contribution in [0.1, 0.15) is 33.8 Å². The number of hydrogen-bond donors (Lipinski definition) is 1. The second kappa shape index (κ2) is 4.94. The molecule has 0 aliphatic carbocycles. The van der Waals surface area contributed by atoms with Gasteiger partial charge >= 0.3 is 5.97 Å². The van der Waals surface area contributed by atoms with Crippen LogP contribution in [-0.2, 0) is 16.6 Å². The molecule has 2 heterocycles. The van der Waals surface area contributed by atoms with Crippen molar-refractivity contribution in [2.45, 2.75) is 24.4 Å². The van der Waals surface area contributed by atoms with Gasteiger partial charge in [0.15, 0.2) is 0 Å². The highest BCUT2D eigenvalue weighted by molar-refractivity contribution is 7.89. The zero-order valence-electron chi connectivity index (χ0n) is 11.2. The van der Waals surface area contributed by atoms with Crippen molar-refractivity contribution in [3.05, 3.63) is 51.7 Å². The molecule has 1 aromatic heterocycles. The van der Waals surface area contributed by atoms with E-state index in [4.69, 9.17) is 5.11 Å². The Morgan fingerprint density at radius 3 is 2.71 bits per heavy atom. The monoisotopic (exact) mass is 323 g/mol. The molecule has 0 unspecified atom stereocenters. The molecule has 1 aliphatic rings. The largest absolute Gasteiger partial charge is 0.477 e. The Labute approximate surface area is 126 Å². The summed E-state index contributed by atoms with van der Waals surface area (Å²) in [7, 11) is -3.69. The van der Waals surface area contributed by atoms with Crippen molar-refractivity contribution in [2.75, 3.05) is 0 Å². The third-order valence-corrected chi connectivity index (χ3v) is 6.62. The average molecular weight is 323 g/mol. The summed E-state index contributed by atoms with van der Waals surface area (Å²) in [6.07, 6.45) is 0. The van der Waals surface area contributed by atoms with Crippen LogP contribution >= 0.6 is 11.3 Å². The van der Waals surface area contributed by atoms with E-state index in [9.17, 15) is 13.2 Å². The SMILES string of the molecule is C[C@H]1c2ccccc2CN1S(=O)(=O)c1csc(C(=O)O)c1. The molecule has 0 radical (unpaired) electrons. The first-order valence-corrected chi connectivity index (χ1v) is 8.64. The number of nitrogens with zero attached hydrogens (tertiary/aromatic N) is 1. The van der Waals surface area contributed by atoms with Crippen LogP contribution in [0.4, 0.5) is 0 Å². The lowest BCUT2D eigenvalue weighted by atomic mass is 10.1. The Morgan fingerprint density at radius 1 is 1.38 bits per heavy atom. The summed E-state index contributed by atoms with van der Waals surface area (Å²) >= 11 is 0.923. The lowest BCUT2D eigenvalue weighted by molar-refractivity contribution is 0.0702. The fourth-order valence-corrected chi connectivity index (χ4v) is 5.23. The third kappa shape index (κ3) is 2.27. The summed E-state index contributed by atoms with van der Waals surface area (Å²) in [6, 6.07) is 8.58. The summed E-state index contributed by atoms with van der Waals surface area (Å²) in [5.41, 5.74) is 1.98. The van der Waals surface area contributed by atoms with E-state index in [2.05, 4.69) is 0 Å². The zero-order valence-corrected chi connectivity index (χ0v) is 12.8. The van der Waals surface area contributed by atoms with Crippen molar-refractivity contribution >= 4 is 27.3 Å². The summed E-state index contributed by atoms with van der Waals surface area (Å²) in [4.78, 5) is 11.0. The van der Waals surface area contributed by atoms with Gasteiger partial charge in [-0.05, 0) is 24.1 Å². The molecule has 1 aromatic carbocycles. The summed E-state index contributed by atoms with van der Waals surface area (Å²) in [5, 5.41) is 10.3. The smallest absolute Gasteiger partial charge is 0.345 e. The molecule has 7 heteroatoms. The highest BCUT2D eigenvalue weighted by atomic mass is 32.2. The number of aromatic carboxylic acids is 1. The molecule has 2 aromatic rings. The molecule has 21 heavy (non-hydrogen) atoms. The number of carbonyl (C=O) groups is 1. The molecule has 0 fully saturated rings. The standard InChI is InChI=1S/C14H13NO4S2/c1-9-12-5-3-2-4-10(12)7-15(9)21(18,19)11-6-13(14(16)17)20-8-11/h2-6,8-9H,7H2,1H3,(H,16,17)/t9-/m0/s1. The average Bonchev–Trinajstić information content (AvgIpc) is 3.05. The maximum absolute atomic E-state index is 12.7. The molecular formula is C14H13NO4S2. The molecule has 3 rings (SSSR count). The van der Waals surface area contributed by atoms with Crippen molar-refractivity contribution in [1.82, 2.24) is 4.31 Å². The maximum atomic E-state index is 12.7. The van der Waals surface area contributed by atoms with Gasteiger partial charge in [0.05, 0.1) is 4.90 Å². The van der Waals surface area contributed by atoms with Gasteiger partial charge in [0.25, 0.3) is 0 Å². The number of benzene rings is 1. The third-order valence-electron chi connectivity index (χ3n) is 3.66. The van der Waals surface area contributed by atoms with Gasteiger partial charge in [-0.2, -0.15) is 4.31 Å². The van der Waals surface area contributed by atoms with E-state index in [1.165, 1.54) is 15.8 Å². The van der Waals surface area contributed by atoms with Gasteiger partial charge in [0, 0.05) is 18.0 Å². The van der Waals surface area contributed by atoms with Gasteiger partial charge in [-0.15, -0.1) is 11.3 Å². The predicted molar refractivity (Wildman–Crippen MR) is 78.9 cm³/mol. The van der Waals surface area contributed by atoms with E-state index >= 15 is 0 Å². The van der Waals surface area contributed by atoms with Gasteiger partial charge in [-0.1, -0.05) is 24.3 Å². The molecule has 0 saturated carbocycles. The van der Waals surface area contributed by atoms with E-state index in [1.807, 2.05) is 31.2 Å². The number of carboxylic acids is 1. The van der Waals surface area contributed by atoms with E-state index < -0.39 is 16.0 Å². The fourth-order valence-electron chi connectivity index (χ4n) is 2.54. The lowest BCUT2D eigenvalue weighted by Gasteiger charge is -2.20. The summed E-state index contributed by atoms with van der Waals surface area (Å²) in [5.74, 6) is -1.11. The molecule has 1 N–H and O–H groups in total. The molecule has 0 amide bonds. The summed E-state index contributed by atoms with van der Waals surface area (Å²) in [6.45, 7) is 2.16. The Hall–Kier alpha value is -1.70. The number of carboxylic acid groups (broad SMARTS) is 1. The lowest BCUT2D eigenvalue weighted by Crippen LogP contribution is -2.28. The molecule has 0 spiro atoms. The van der Waals surface area contributed by atoms with Crippen LogP contribution in [0.5, 0.6) is 0 Å². The van der Waals surface area contributed by atoms with Gasteiger partial charge in [-0.25, -0.2) is 13.2 Å². The van der Waals surface area contributed by atoms with Crippen LogP contribution in [-0.4, -0.2) is 23.8 Å². The van der Waals surface area contributed by atoms with Gasteiger partial charge in [0.1, 0.15) is 4.88 Å². The fraction of sp³-hybridized carbons (Fsp3) is 0.214. The molecule has 1 aliphatic heterocycles. The molecule has 0 bridgehead atoms. The predicted octanol–water partition coefficient (Wildman–Crippen LogP) is 2.71. The van der Waals surface area contributed by atoms with Crippen molar-refractivity contribution in [1.29, 1.82) is 0 Å². The molecule has 0 saturated heterocycles. The number of thiophene rings is 1.